The number of aryl methyl sites for hydroxylation is 1. The van der Waals surface area contributed by atoms with Gasteiger partial charge in [-0.15, -0.1) is 0 Å². The van der Waals surface area contributed by atoms with Gasteiger partial charge in [-0.2, -0.15) is 5.10 Å². The van der Waals surface area contributed by atoms with Crippen molar-refractivity contribution in [1.82, 2.24) is 9.78 Å². The summed E-state index contributed by atoms with van der Waals surface area (Å²) >= 11 is 0. The Bertz CT molecular complexity index is 249. The summed E-state index contributed by atoms with van der Waals surface area (Å²) in [6.45, 7) is 3.22. The maximum atomic E-state index is 9.11. The molecule has 0 aliphatic carbocycles. The van der Waals surface area contributed by atoms with Crippen LogP contribution in [0, 0.1) is 0 Å². The third-order valence-corrected chi connectivity index (χ3v) is 1.65. The van der Waals surface area contributed by atoms with Crippen LogP contribution in [0.2, 0.25) is 0 Å². The summed E-state index contributed by atoms with van der Waals surface area (Å²) in [5.74, 6) is 0.661. The molecule has 1 aromatic heterocycles. The molecule has 0 amide bonds. The van der Waals surface area contributed by atoms with E-state index >= 15 is 0 Å². The van der Waals surface area contributed by atoms with Gasteiger partial charge >= 0.3 is 0 Å². The lowest BCUT2D eigenvalue weighted by molar-refractivity contribution is 0.114. The van der Waals surface area contributed by atoms with Crippen LogP contribution in [0.25, 0.3) is 0 Å². The summed E-state index contributed by atoms with van der Waals surface area (Å²) in [7, 11) is 0. The van der Waals surface area contributed by atoms with Gasteiger partial charge in [-0.25, -0.2) is 0 Å². The molecule has 0 saturated carbocycles. The molecule has 1 aromatic rings. The maximum absolute atomic E-state index is 9.11. The fourth-order valence-electron chi connectivity index (χ4n) is 0.853. The highest BCUT2D eigenvalue weighted by Crippen LogP contribution is 2.07. The minimum absolute atomic E-state index is 0.210. The average Bonchev–Trinajstić information content (AvgIpc) is 2.61. The van der Waals surface area contributed by atoms with Gasteiger partial charge in [-0.3, -0.25) is 4.68 Å². The fourth-order valence-corrected chi connectivity index (χ4v) is 0.853. The van der Waals surface area contributed by atoms with E-state index < -0.39 is 6.10 Å². The molecule has 0 bridgehead atoms. The smallest absolute Gasteiger partial charge is 0.157 e. The Morgan fingerprint density at radius 3 is 3.08 bits per heavy atom. The summed E-state index contributed by atoms with van der Waals surface area (Å²) < 4.78 is 6.98. The van der Waals surface area contributed by atoms with Gasteiger partial charge in [0.2, 0.25) is 0 Å². The van der Waals surface area contributed by atoms with Crippen molar-refractivity contribution in [3.63, 3.8) is 0 Å². The summed E-state index contributed by atoms with van der Waals surface area (Å²) in [6, 6.07) is 0. The van der Waals surface area contributed by atoms with E-state index in [2.05, 4.69) is 5.10 Å². The molecule has 1 atom stereocenters. The lowest BCUT2D eigenvalue weighted by Crippen LogP contribution is -2.26. The van der Waals surface area contributed by atoms with Gasteiger partial charge in [-0.05, 0) is 6.92 Å². The van der Waals surface area contributed by atoms with E-state index in [1.807, 2.05) is 6.92 Å². The second-order valence-corrected chi connectivity index (χ2v) is 2.73. The molecular weight excluding hydrogens is 170 g/mol. The van der Waals surface area contributed by atoms with E-state index in [0.717, 1.165) is 6.54 Å². The zero-order valence-electron chi connectivity index (χ0n) is 7.68. The molecule has 5 nitrogen and oxygen atoms in total. The van der Waals surface area contributed by atoms with Crippen LogP contribution in [0.4, 0.5) is 0 Å². The molecule has 1 unspecified atom stereocenters. The Kier molecular flexibility index (Phi) is 3.72. The number of nitrogens with zero attached hydrogens (tertiary/aromatic N) is 2. The first-order chi connectivity index (χ1) is 6.26. The van der Waals surface area contributed by atoms with Gasteiger partial charge in [-0.1, -0.05) is 0 Å². The average molecular weight is 185 g/mol. The molecular formula is C8H15N3O2. The quantitative estimate of drug-likeness (QED) is 0.654. The van der Waals surface area contributed by atoms with Gasteiger partial charge in [0.25, 0.3) is 0 Å². The first-order valence-corrected chi connectivity index (χ1v) is 4.29. The number of aromatic nitrogens is 2. The summed E-state index contributed by atoms with van der Waals surface area (Å²) in [5, 5.41) is 13.1. The van der Waals surface area contributed by atoms with Crippen LogP contribution < -0.4 is 10.5 Å². The predicted molar refractivity (Wildman–Crippen MR) is 48.5 cm³/mol. The number of nitrogens with two attached hydrogens (primary N) is 1. The molecule has 0 spiro atoms. The van der Waals surface area contributed by atoms with Crippen LogP contribution in [-0.4, -0.2) is 34.1 Å². The van der Waals surface area contributed by atoms with E-state index in [1.54, 1.807) is 17.1 Å². The van der Waals surface area contributed by atoms with Crippen molar-refractivity contribution in [2.24, 2.45) is 5.73 Å². The van der Waals surface area contributed by atoms with Gasteiger partial charge in [0.15, 0.2) is 5.75 Å². The van der Waals surface area contributed by atoms with Crippen molar-refractivity contribution < 1.29 is 9.84 Å². The highest BCUT2D eigenvalue weighted by Gasteiger charge is 2.03. The van der Waals surface area contributed by atoms with E-state index in [-0.39, 0.29) is 13.2 Å². The van der Waals surface area contributed by atoms with Gasteiger partial charge < -0.3 is 15.6 Å². The Morgan fingerprint density at radius 1 is 1.77 bits per heavy atom. The molecule has 3 N–H and O–H groups in total. The lowest BCUT2D eigenvalue weighted by atomic mass is 10.4. The summed E-state index contributed by atoms with van der Waals surface area (Å²) in [4.78, 5) is 0. The van der Waals surface area contributed by atoms with Gasteiger partial charge in [0, 0.05) is 13.1 Å². The van der Waals surface area contributed by atoms with Crippen molar-refractivity contribution in [3.8, 4) is 5.75 Å². The Morgan fingerprint density at radius 2 is 2.54 bits per heavy atom. The molecule has 74 valence electrons. The number of ether oxygens (including phenoxy) is 1. The number of aliphatic hydroxyl groups is 1. The molecule has 13 heavy (non-hydrogen) atoms. The minimum atomic E-state index is -0.607. The standard InChI is InChI=1S/C8H15N3O2/c1-2-11-5-8(4-10-11)13-6-7(12)3-9/h4-5,7,12H,2-3,6,9H2,1H3. The molecule has 0 aliphatic heterocycles. The van der Waals surface area contributed by atoms with Crippen molar-refractivity contribution in [2.45, 2.75) is 19.6 Å². The molecule has 0 radical (unpaired) electrons. The SMILES string of the molecule is CCn1cc(OCC(O)CN)cn1. The van der Waals surface area contributed by atoms with Crippen LogP contribution in [0.1, 0.15) is 6.92 Å². The Hall–Kier alpha value is -1.07. The zero-order valence-corrected chi connectivity index (χ0v) is 7.68. The second-order valence-electron chi connectivity index (χ2n) is 2.73. The normalized spacial score (nSPS) is 12.8. The zero-order chi connectivity index (χ0) is 9.68. The third-order valence-electron chi connectivity index (χ3n) is 1.65. The fraction of sp³-hybridized carbons (Fsp3) is 0.625. The van der Waals surface area contributed by atoms with Gasteiger partial charge in [0.1, 0.15) is 12.7 Å². The lowest BCUT2D eigenvalue weighted by Gasteiger charge is -2.07. The first-order valence-electron chi connectivity index (χ1n) is 4.29. The van der Waals surface area contributed by atoms with E-state index in [1.165, 1.54) is 0 Å². The van der Waals surface area contributed by atoms with Crippen LogP contribution in [0.5, 0.6) is 5.75 Å². The molecule has 1 rings (SSSR count). The Labute approximate surface area is 77.1 Å². The van der Waals surface area contributed by atoms with Crippen LogP contribution in [-0.2, 0) is 6.54 Å². The van der Waals surface area contributed by atoms with Crippen molar-refractivity contribution in [1.29, 1.82) is 0 Å². The molecule has 1 heterocycles. The highest BCUT2D eigenvalue weighted by molar-refractivity contribution is 5.11. The van der Waals surface area contributed by atoms with Crippen molar-refractivity contribution >= 4 is 0 Å². The predicted octanol–water partition coefficient (Wildman–Crippen LogP) is -0.399. The van der Waals surface area contributed by atoms with E-state index in [9.17, 15) is 0 Å². The third kappa shape index (κ3) is 3.04. The molecule has 0 saturated heterocycles. The highest BCUT2D eigenvalue weighted by atomic mass is 16.5. The number of rotatable bonds is 5. The largest absolute Gasteiger partial charge is 0.488 e. The first kappa shape index (κ1) is 10.0. The summed E-state index contributed by atoms with van der Waals surface area (Å²) in [6.07, 6.45) is 2.79. The number of hydrogen-bond donors (Lipinski definition) is 2. The molecule has 0 aromatic carbocycles. The summed E-state index contributed by atoms with van der Waals surface area (Å²) in [5.41, 5.74) is 5.22. The Balaban J connectivity index is 2.36. The molecule has 0 fully saturated rings. The van der Waals surface area contributed by atoms with Crippen LogP contribution in [0.15, 0.2) is 12.4 Å². The number of hydrogen-bond acceptors (Lipinski definition) is 4. The van der Waals surface area contributed by atoms with E-state index in [0.29, 0.717) is 5.75 Å². The topological polar surface area (TPSA) is 73.3 Å². The van der Waals surface area contributed by atoms with Crippen molar-refractivity contribution in [2.75, 3.05) is 13.2 Å². The molecule has 0 aliphatic rings. The maximum Gasteiger partial charge on any atom is 0.157 e. The van der Waals surface area contributed by atoms with Crippen LogP contribution >= 0.6 is 0 Å². The minimum Gasteiger partial charge on any atom is -0.488 e. The number of aliphatic hydroxyl groups excluding tert-OH is 1. The van der Waals surface area contributed by atoms with E-state index in [4.69, 9.17) is 15.6 Å². The van der Waals surface area contributed by atoms with Gasteiger partial charge in [0.05, 0.1) is 12.4 Å². The molecule has 5 heteroatoms. The van der Waals surface area contributed by atoms with Crippen molar-refractivity contribution in [3.05, 3.63) is 12.4 Å². The monoisotopic (exact) mass is 185 g/mol. The van der Waals surface area contributed by atoms with Crippen LogP contribution in [0.3, 0.4) is 0 Å². The second kappa shape index (κ2) is 4.84.